The van der Waals surface area contributed by atoms with Gasteiger partial charge in [0.15, 0.2) is 17.4 Å². The second kappa shape index (κ2) is 10.8. The van der Waals surface area contributed by atoms with Crippen LogP contribution in [0.15, 0.2) is 76.3 Å². The molecule has 0 heterocycles. The highest BCUT2D eigenvalue weighted by Crippen LogP contribution is 2.30. The predicted octanol–water partition coefficient (Wildman–Crippen LogP) is 5.93. The van der Waals surface area contributed by atoms with Crippen molar-refractivity contribution in [1.29, 1.82) is 0 Å². The van der Waals surface area contributed by atoms with Crippen LogP contribution < -0.4 is 31.5 Å². The molecule has 0 aliphatic carbocycles. The standard InChI is InChI=1S/C30H31F2N3O3/c1-17-9-11-19(12-10-17)25(34-18(2)33-22-13-14-23(31)24(32)16-22)20-7-6-8-21(15-20)35-26-27(36)28(37)29(26)38-30(3,4)5/h6-16,18,25,33-35H,1-5H3/t18-,25?/m0/s1. The maximum atomic E-state index is 13.7. The Morgan fingerprint density at radius 3 is 2.18 bits per heavy atom. The number of hydrogen-bond donors (Lipinski definition) is 3. The van der Waals surface area contributed by atoms with E-state index in [1.165, 1.54) is 6.07 Å². The maximum absolute atomic E-state index is 13.7. The molecule has 2 atom stereocenters. The number of benzene rings is 3. The molecular formula is C30H31F2N3O3. The lowest BCUT2D eigenvalue weighted by Crippen LogP contribution is -2.39. The second-order valence-electron chi connectivity index (χ2n) is 10.3. The van der Waals surface area contributed by atoms with Crippen LogP contribution in [0.4, 0.5) is 25.8 Å². The van der Waals surface area contributed by atoms with E-state index >= 15 is 0 Å². The first-order valence-corrected chi connectivity index (χ1v) is 12.3. The van der Waals surface area contributed by atoms with Crippen LogP contribution in [0.2, 0.25) is 0 Å². The number of halogens is 2. The van der Waals surface area contributed by atoms with Gasteiger partial charge in [-0.15, -0.1) is 0 Å². The molecule has 0 aliphatic heterocycles. The number of rotatable bonds is 9. The summed E-state index contributed by atoms with van der Waals surface area (Å²) in [6, 6.07) is 18.9. The molecule has 0 fully saturated rings. The topological polar surface area (TPSA) is 79.5 Å². The normalized spacial score (nSPS) is 13.2. The molecule has 0 spiro atoms. The summed E-state index contributed by atoms with van der Waals surface area (Å²) in [5, 5.41) is 9.71. The van der Waals surface area contributed by atoms with Gasteiger partial charge in [-0.1, -0.05) is 42.0 Å². The lowest BCUT2D eigenvalue weighted by Gasteiger charge is -2.27. The number of aryl methyl sites for hydroxylation is 1. The Morgan fingerprint density at radius 1 is 0.816 bits per heavy atom. The largest absolute Gasteiger partial charge is 0.482 e. The zero-order valence-corrected chi connectivity index (χ0v) is 22.0. The molecule has 0 saturated carbocycles. The third-order valence-corrected chi connectivity index (χ3v) is 5.89. The van der Waals surface area contributed by atoms with Crippen molar-refractivity contribution in [2.24, 2.45) is 0 Å². The van der Waals surface area contributed by atoms with Crippen molar-refractivity contribution in [2.45, 2.75) is 52.4 Å². The molecule has 1 unspecified atom stereocenters. The highest BCUT2D eigenvalue weighted by molar-refractivity contribution is 5.70. The molecule has 0 amide bonds. The van der Waals surface area contributed by atoms with Gasteiger partial charge in [0.05, 0.1) is 12.2 Å². The maximum Gasteiger partial charge on any atom is 0.272 e. The van der Waals surface area contributed by atoms with E-state index < -0.39 is 28.1 Å². The van der Waals surface area contributed by atoms with Crippen molar-refractivity contribution in [3.05, 3.63) is 116 Å². The van der Waals surface area contributed by atoms with Gasteiger partial charge in [-0.25, -0.2) is 8.78 Å². The smallest absolute Gasteiger partial charge is 0.272 e. The molecule has 0 radical (unpaired) electrons. The molecule has 0 bridgehead atoms. The molecule has 38 heavy (non-hydrogen) atoms. The molecular weight excluding hydrogens is 488 g/mol. The van der Waals surface area contributed by atoms with Gasteiger partial charge in [-0.3, -0.25) is 14.9 Å². The highest BCUT2D eigenvalue weighted by atomic mass is 19.2. The molecule has 0 aliphatic rings. The van der Waals surface area contributed by atoms with E-state index in [1.54, 1.807) is 6.07 Å². The minimum Gasteiger partial charge on any atom is -0.482 e. The van der Waals surface area contributed by atoms with Gasteiger partial charge in [0, 0.05) is 17.4 Å². The molecule has 198 valence electrons. The van der Waals surface area contributed by atoms with Crippen LogP contribution in [0.5, 0.6) is 5.75 Å². The predicted molar refractivity (Wildman–Crippen MR) is 147 cm³/mol. The average Bonchev–Trinajstić information content (AvgIpc) is 2.87. The molecule has 4 aromatic carbocycles. The van der Waals surface area contributed by atoms with Crippen molar-refractivity contribution in [1.82, 2.24) is 5.32 Å². The lowest BCUT2D eigenvalue weighted by atomic mass is 9.97. The summed E-state index contributed by atoms with van der Waals surface area (Å²) in [7, 11) is 0. The first kappa shape index (κ1) is 27.0. The Morgan fingerprint density at radius 2 is 1.53 bits per heavy atom. The minimum atomic E-state index is -0.927. The third kappa shape index (κ3) is 6.26. The number of hydrogen-bond acceptors (Lipinski definition) is 6. The summed E-state index contributed by atoms with van der Waals surface area (Å²) in [5.41, 5.74) is 2.28. The zero-order valence-electron chi connectivity index (χ0n) is 22.0. The van der Waals surface area contributed by atoms with Crippen molar-refractivity contribution < 1.29 is 13.5 Å². The molecule has 4 rings (SSSR count). The van der Waals surface area contributed by atoms with Gasteiger partial charge < -0.3 is 15.4 Å². The van der Waals surface area contributed by atoms with Crippen molar-refractivity contribution in [3.63, 3.8) is 0 Å². The van der Waals surface area contributed by atoms with Crippen molar-refractivity contribution in [2.75, 3.05) is 10.6 Å². The van der Waals surface area contributed by atoms with Crippen LogP contribution in [-0.2, 0) is 0 Å². The minimum absolute atomic E-state index is 0.0328. The fraction of sp³-hybridized carbons (Fsp3) is 0.267. The van der Waals surface area contributed by atoms with Gasteiger partial charge in [-0.05, 0) is 70.0 Å². The monoisotopic (exact) mass is 519 g/mol. The van der Waals surface area contributed by atoms with Crippen LogP contribution in [0.3, 0.4) is 0 Å². The number of ether oxygens (including phenoxy) is 1. The quantitative estimate of drug-likeness (QED) is 0.188. The summed E-state index contributed by atoms with van der Waals surface area (Å²) in [5.74, 6) is -1.80. The Balaban J connectivity index is 1.61. The molecule has 6 nitrogen and oxygen atoms in total. The zero-order chi connectivity index (χ0) is 27.6. The Hall–Kier alpha value is -4.04. The van der Waals surface area contributed by atoms with E-state index in [2.05, 4.69) is 16.0 Å². The molecule has 8 heteroatoms. The lowest BCUT2D eigenvalue weighted by molar-refractivity contribution is 0.128. The van der Waals surface area contributed by atoms with Crippen LogP contribution in [0, 0.1) is 18.6 Å². The van der Waals surface area contributed by atoms with Crippen molar-refractivity contribution in [3.8, 4) is 5.75 Å². The summed E-state index contributed by atoms with van der Waals surface area (Å²) in [6.07, 6.45) is -0.330. The van der Waals surface area contributed by atoms with Gasteiger partial charge in [0.2, 0.25) is 0 Å². The van der Waals surface area contributed by atoms with E-state index in [-0.39, 0.29) is 23.6 Å². The van der Waals surface area contributed by atoms with E-state index in [0.29, 0.717) is 11.4 Å². The SMILES string of the molecule is Cc1ccc(C(N[C@@H](C)Nc2ccc(F)c(F)c2)c2cccc(Nc3c(OC(C)(C)C)c(=O)c3=O)c2)cc1. The van der Waals surface area contributed by atoms with E-state index in [1.807, 2.05) is 77.1 Å². The van der Waals surface area contributed by atoms with Gasteiger partial charge in [0.25, 0.3) is 10.9 Å². The Labute approximate surface area is 220 Å². The van der Waals surface area contributed by atoms with Crippen molar-refractivity contribution >= 4 is 17.1 Å². The number of anilines is 3. The van der Waals surface area contributed by atoms with E-state index in [4.69, 9.17) is 4.74 Å². The molecule has 0 aromatic heterocycles. The highest BCUT2D eigenvalue weighted by Gasteiger charge is 2.27. The van der Waals surface area contributed by atoms with Crippen LogP contribution in [0.25, 0.3) is 0 Å². The summed E-state index contributed by atoms with van der Waals surface area (Å²) in [4.78, 5) is 24.4. The van der Waals surface area contributed by atoms with Crippen LogP contribution in [-0.4, -0.2) is 11.8 Å². The van der Waals surface area contributed by atoms with Gasteiger partial charge >= 0.3 is 0 Å². The number of nitrogens with one attached hydrogen (secondary N) is 3. The third-order valence-electron chi connectivity index (χ3n) is 5.89. The van der Waals surface area contributed by atoms with Gasteiger partial charge in [-0.2, -0.15) is 0 Å². The van der Waals surface area contributed by atoms with Crippen LogP contribution in [0.1, 0.15) is 50.4 Å². The fourth-order valence-electron chi connectivity index (χ4n) is 4.10. The van der Waals surface area contributed by atoms with E-state index in [9.17, 15) is 18.4 Å². The molecule has 0 saturated heterocycles. The van der Waals surface area contributed by atoms with Crippen LogP contribution >= 0.6 is 0 Å². The first-order chi connectivity index (χ1) is 17.9. The molecule has 3 N–H and O–H groups in total. The second-order valence-corrected chi connectivity index (χ2v) is 10.3. The Bertz CT molecular complexity index is 1500. The fourth-order valence-corrected chi connectivity index (χ4v) is 4.10. The summed E-state index contributed by atoms with van der Waals surface area (Å²) in [6.45, 7) is 9.31. The Kier molecular flexibility index (Phi) is 7.64. The average molecular weight is 520 g/mol. The van der Waals surface area contributed by atoms with E-state index in [0.717, 1.165) is 28.8 Å². The van der Waals surface area contributed by atoms with Gasteiger partial charge in [0.1, 0.15) is 11.3 Å². The summed E-state index contributed by atoms with van der Waals surface area (Å²) >= 11 is 0. The molecule has 4 aromatic rings. The summed E-state index contributed by atoms with van der Waals surface area (Å²) < 4.78 is 32.8. The first-order valence-electron chi connectivity index (χ1n) is 12.3.